The summed E-state index contributed by atoms with van der Waals surface area (Å²) in [5, 5.41) is 15.0. The predicted octanol–water partition coefficient (Wildman–Crippen LogP) is 4.54. The van der Waals surface area contributed by atoms with Crippen molar-refractivity contribution in [3.8, 4) is 5.75 Å². The molecule has 0 radical (unpaired) electrons. The molecule has 0 aliphatic heterocycles. The fourth-order valence-corrected chi connectivity index (χ4v) is 2.34. The standard InChI is InChI=1S/C16H18F3NO/c1-11(20-10-4-9-16(17,18)19)13-8-7-12-5-2-3-6-14(12)15(13)21/h2-3,5-8,11,20-21H,4,9-10H2,1H3. The summed E-state index contributed by atoms with van der Waals surface area (Å²) in [4.78, 5) is 0. The Morgan fingerprint density at radius 2 is 1.86 bits per heavy atom. The van der Waals surface area contributed by atoms with Gasteiger partial charge >= 0.3 is 6.18 Å². The highest BCUT2D eigenvalue weighted by Crippen LogP contribution is 2.32. The fourth-order valence-electron chi connectivity index (χ4n) is 2.34. The second-order valence-electron chi connectivity index (χ2n) is 5.12. The molecule has 2 nitrogen and oxygen atoms in total. The maximum atomic E-state index is 12.1. The zero-order valence-electron chi connectivity index (χ0n) is 11.7. The van der Waals surface area contributed by atoms with Gasteiger partial charge < -0.3 is 10.4 Å². The number of fused-ring (bicyclic) bond motifs is 1. The van der Waals surface area contributed by atoms with Crippen molar-refractivity contribution in [2.75, 3.05) is 6.54 Å². The first-order chi connectivity index (χ1) is 9.88. The lowest BCUT2D eigenvalue weighted by Crippen LogP contribution is -2.21. The molecule has 0 aromatic heterocycles. The van der Waals surface area contributed by atoms with E-state index in [-0.39, 0.29) is 24.8 Å². The van der Waals surface area contributed by atoms with Crippen LogP contribution in [0.1, 0.15) is 31.4 Å². The van der Waals surface area contributed by atoms with E-state index in [2.05, 4.69) is 5.32 Å². The monoisotopic (exact) mass is 297 g/mol. The number of hydrogen-bond donors (Lipinski definition) is 2. The Morgan fingerprint density at radius 3 is 2.57 bits per heavy atom. The van der Waals surface area contributed by atoms with Crippen molar-refractivity contribution in [2.24, 2.45) is 0 Å². The summed E-state index contributed by atoms with van der Waals surface area (Å²) in [7, 11) is 0. The van der Waals surface area contributed by atoms with Gasteiger partial charge in [-0.15, -0.1) is 0 Å². The molecule has 0 saturated carbocycles. The average molecular weight is 297 g/mol. The van der Waals surface area contributed by atoms with E-state index in [9.17, 15) is 18.3 Å². The summed E-state index contributed by atoms with van der Waals surface area (Å²) in [6.07, 6.45) is -4.88. The maximum Gasteiger partial charge on any atom is 0.389 e. The van der Waals surface area contributed by atoms with Gasteiger partial charge in [0, 0.05) is 23.4 Å². The van der Waals surface area contributed by atoms with Crippen LogP contribution in [-0.4, -0.2) is 17.8 Å². The van der Waals surface area contributed by atoms with Crippen molar-refractivity contribution in [2.45, 2.75) is 32.0 Å². The maximum absolute atomic E-state index is 12.1. The highest BCUT2D eigenvalue weighted by molar-refractivity contribution is 5.89. The number of nitrogens with one attached hydrogen (secondary N) is 1. The number of alkyl halides is 3. The Balaban J connectivity index is 2.02. The van der Waals surface area contributed by atoms with Crippen molar-refractivity contribution in [1.29, 1.82) is 0 Å². The van der Waals surface area contributed by atoms with Gasteiger partial charge in [0.25, 0.3) is 0 Å². The van der Waals surface area contributed by atoms with Gasteiger partial charge in [-0.2, -0.15) is 13.2 Å². The molecule has 1 unspecified atom stereocenters. The lowest BCUT2D eigenvalue weighted by Gasteiger charge is -2.17. The van der Waals surface area contributed by atoms with Crippen molar-refractivity contribution >= 4 is 10.8 Å². The van der Waals surface area contributed by atoms with Crippen LogP contribution in [0.25, 0.3) is 10.8 Å². The molecule has 0 spiro atoms. The molecule has 0 fully saturated rings. The molecule has 2 rings (SSSR count). The highest BCUT2D eigenvalue weighted by atomic mass is 19.4. The smallest absolute Gasteiger partial charge is 0.389 e. The number of aromatic hydroxyl groups is 1. The van der Waals surface area contributed by atoms with Gasteiger partial charge in [-0.05, 0) is 25.3 Å². The van der Waals surface area contributed by atoms with Crippen LogP contribution < -0.4 is 5.32 Å². The molecule has 2 aromatic rings. The summed E-state index contributed by atoms with van der Waals surface area (Å²) < 4.78 is 36.2. The molecule has 0 aliphatic rings. The number of rotatable bonds is 5. The van der Waals surface area contributed by atoms with Crippen LogP contribution in [0.5, 0.6) is 5.75 Å². The quantitative estimate of drug-likeness (QED) is 0.794. The third kappa shape index (κ3) is 4.11. The fraction of sp³-hybridized carbons (Fsp3) is 0.375. The minimum Gasteiger partial charge on any atom is -0.507 e. The van der Waals surface area contributed by atoms with Gasteiger partial charge in [-0.1, -0.05) is 36.4 Å². The number of phenols is 1. The summed E-state index contributed by atoms with van der Waals surface area (Å²) in [6, 6.07) is 11.0. The Hall–Kier alpha value is -1.75. The number of halogens is 3. The Morgan fingerprint density at radius 1 is 1.14 bits per heavy atom. The van der Waals surface area contributed by atoms with Crippen LogP contribution in [0.4, 0.5) is 13.2 Å². The third-order valence-corrected chi connectivity index (χ3v) is 3.49. The first-order valence-corrected chi connectivity index (χ1v) is 6.89. The van der Waals surface area contributed by atoms with E-state index in [0.717, 1.165) is 10.8 Å². The summed E-state index contributed by atoms with van der Waals surface area (Å²) in [5.74, 6) is 0.184. The summed E-state index contributed by atoms with van der Waals surface area (Å²) in [6.45, 7) is 2.09. The van der Waals surface area contributed by atoms with Gasteiger partial charge in [-0.3, -0.25) is 0 Å². The van der Waals surface area contributed by atoms with Crippen molar-refractivity contribution in [3.63, 3.8) is 0 Å². The largest absolute Gasteiger partial charge is 0.507 e. The molecule has 2 N–H and O–H groups in total. The van der Waals surface area contributed by atoms with Crippen LogP contribution in [0, 0.1) is 0 Å². The van der Waals surface area contributed by atoms with Crippen LogP contribution in [0.2, 0.25) is 0 Å². The highest BCUT2D eigenvalue weighted by Gasteiger charge is 2.26. The molecule has 5 heteroatoms. The van der Waals surface area contributed by atoms with E-state index >= 15 is 0 Å². The second kappa shape index (κ2) is 6.35. The number of phenolic OH excluding ortho intramolecular Hbond substituents is 1. The predicted molar refractivity (Wildman–Crippen MR) is 77.3 cm³/mol. The molecule has 114 valence electrons. The molecule has 0 aliphatic carbocycles. The van der Waals surface area contributed by atoms with E-state index in [4.69, 9.17) is 0 Å². The molecule has 21 heavy (non-hydrogen) atoms. The molecule has 0 amide bonds. The molecular formula is C16H18F3NO. The van der Waals surface area contributed by atoms with Crippen LogP contribution in [0.15, 0.2) is 36.4 Å². The van der Waals surface area contributed by atoms with Gasteiger partial charge in [0.15, 0.2) is 0 Å². The molecule has 0 bridgehead atoms. The normalized spacial score (nSPS) is 13.5. The van der Waals surface area contributed by atoms with Gasteiger partial charge in [-0.25, -0.2) is 0 Å². The first-order valence-electron chi connectivity index (χ1n) is 6.89. The zero-order chi connectivity index (χ0) is 15.5. The lowest BCUT2D eigenvalue weighted by molar-refractivity contribution is -0.135. The Bertz CT molecular complexity index is 610. The summed E-state index contributed by atoms with van der Waals surface area (Å²) >= 11 is 0. The Kier molecular flexibility index (Phi) is 4.73. The number of hydrogen-bond acceptors (Lipinski definition) is 2. The van der Waals surface area contributed by atoms with Crippen LogP contribution in [-0.2, 0) is 0 Å². The minimum atomic E-state index is -4.12. The topological polar surface area (TPSA) is 32.3 Å². The van der Waals surface area contributed by atoms with Gasteiger partial charge in [0.05, 0.1) is 0 Å². The van der Waals surface area contributed by atoms with E-state index in [1.807, 2.05) is 37.3 Å². The van der Waals surface area contributed by atoms with Crippen molar-refractivity contribution in [1.82, 2.24) is 5.32 Å². The molecule has 0 saturated heterocycles. The zero-order valence-corrected chi connectivity index (χ0v) is 11.7. The molecule has 1 atom stereocenters. The van der Waals surface area contributed by atoms with E-state index < -0.39 is 12.6 Å². The van der Waals surface area contributed by atoms with Gasteiger partial charge in [0.1, 0.15) is 5.75 Å². The van der Waals surface area contributed by atoms with Crippen LogP contribution >= 0.6 is 0 Å². The molecule has 0 heterocycles. The second-order valence-corrected chi connectivity index (χ2v) is 5.12. The third-order valence-electron chi connectivity index (χ3n) is 3.49. The first kappa shape index (κ1) is 15.6. The summed E-state index contributed by atoms with van der Waals surface area (Å²) in [5.41, 5.74) is 0.695. The molecular weight excluding hydrogens is 279 g/mol. The lowest BCUT2D eigenvalue weighted by atomic mass is 10.0. The van der Waals surface area contributed by atoms with Crippen LogP contribution in [0.3, 0.4) is 0 Å². The van der Waals surface area contributed by atoms with Gasteiger partial charge in [0.2, 0.25) is 0 Å². The number of benzene rings is 2. The average Bonchev–Trinajstić information content (AvgIpc) is 2.43. The Labute approximate surface area is 121 Å². The SMILES string of the molecule is CC(NCCCC(F)(F)F)c1ccc2ccccc2c1O. The van der Waals surface area contributed by atoms with E-state index in [1.54, 1.807) is 6.07 Å². The van der Waals surface area contributed by atoms with Crippen molar-refractivity contribution < 1.29 is 18.3 Å². The van der Waals surface area contributed by atoms with E-state index in [0.29, 0.717) is 5.56 Å². The minimum absolute atomic E-state index is 0.0299. The van der Waals surface area contributed by atoms with Crippen molar-refractivity contribution in [3.05, 3.63) is 42.0 Å². The molecule has 2 aromatic carbocycles. The van der Waals surface area contributed by atoms with E-state index in [1.165, 1.54) is 0 Å².